The second kappa shape index (κ2) is 6.32. The quantitative estimate of drug-likeness (QED) is 0.780. The second-order valence-electron chi connectivity index (χ2n) is 3.93. The van der Waals surface area contributed by atoms with Crippen LogP contribution in [0.4, 0.5) is 0 Å². The highest BCUT2D eigenvalue weighted by Gasteiger charge is 2.25. The van der Waals surface area contributed by atoms with Gasteiger partial charge in [-0.15, -0.1) is 0 Å². The van der Waals surface area contributed by atoms with Crippen LogP contribution in [0.5, 0.6) is 0 Å². The third-order valence-corrected chi connectivity index (χ3v) is 5.26. The summed E-state index contributed by atoms with van der Waals surface area (Å²) in [7, 11) is -3.61. The molecule has 0 atom stereocenters. The molecule has 98 valence electrons. The van der Waals surface area contributed by atoms with Crippen molar-refractivity contribution in [1.29, 1.82) is 5.26 Å². The van der Waals surface area contributed by atoms with Crippen LogP contribution in [0, 0.1) is 18.3 Å². The lowest BCUT2D eigenvalue weighted by Gasteiger charge is -2.19. The Morgan fingerprint density at radius 3 is 2.67 bits per heavy atom. The average Bonchev–Trinajstić information content (AvgIpc) is 2.32. The van der Waals surface area contributed by atoms with Crippen molar-refractivity contribution >= 4 is 26.0 Å². The van der Waals surface area contributed by atoms with Gasteiger partial charge in [-0.25, -0.2) is 8.42 Å². The number of nitriles is 1. The Hall–Kier alpha value is -0.900. The molecule has 4 nitrogen and oxygen atoms in total. The van der Waals surface area contributed by atoms with Gasteiger partial charge in [0, 0.05) is 11.0 Å². The molecule has 0 saturated carbocycles. The van der Waals surface area contributed by atoms with E-state index in [9.17, 15) is 8.42 Å². The van der Waals surface area contributed by atoms with Gasteiger partial charge in [-0.05, 0) is 47.0 Å². The molecule has 0 bridgehead atoms. The summed E-state index contributed by atoms with van der Waals surface area (Å²) >= 11 is 3.25. The maximum absolute atomic E-state index is 12.4. The van der Waals surface area contributed by atoms with Crippen molar-refractivity contribution in [1.82, 2.24) is 4.31 Å². The minimum Gasteiger partial charge on any atom is -0.207 e. The monoisotopic (exact) mass is 330 g/mol. The Morgan fingerprint density at radius 1 is 1.44 bits per heavy atom. The van der Waals surface area contributed by atoms with Crippen molar-refractivity contribution in [3.63, 3.8) is 0 Å². The van der Waals surface area contributed by atoms with Gasteiger partial charge in [0.05, 0.1) is 11.0 Å². The molecule has 0 amide bonds. The third kappa shape index (κ3) is 3.31. The molecule has 0 aliphatic rings. The van der Waals surface area contributed by atoms with Gasteiger partial charge in [-0.1, -0.05) is 13.0 Å². The summed E-state index contributed by atoms with van der Waals surface area (Å²) in [6.07, 6.45) is 0.671. The van der Waals surface area contributed by atoms with E-state index in [0.717, 1.165) is 5.56 Å². The standard InChI is InChI=1S/C12H15BrN2O2S/c1-3-7-15(8-6-14)18(16,17)12-9-10(2)4-5-11(12)13/h4-5,9H,3,7-8H2,1-2H3. The van der Waals surface area contributed by atoms with Crippen molar-refractivity contribution in [2.24, 2.45) is 0 Å². The van der Waals surface area contributed by atoms with Gasteiger partial charge < -0.3 is 0 Å². The molecule has 0 saturated heterocycles. The number of nitrogens with zero attached hydrogens (tertiary/aromatic N) is 2. The first kappa shape index (κ1) is 15.2. The van der Waals surface area contributed by atoms with Crippen LogP contribution in [0.2, 0.25) is 0 Å². The van der Waals surface area contributed by atoms with Crippen LogP contribution in [0.3, 0.4) is 0 Å². The molecule has 0 heterocycles. The zero-order valence-electron chi connectivity index (χ0n) is 10.4. The lowest BCUT2D eigenvalue weighted by atomic mass is 10.2. The summed E-state index contributed by atoms with van der Waals surface area (Å²) < 4.78 is 26.6. The number of sulfonamides is 1. The number of halogens is 1. The predicted octanol–water partition coefficient (Wildman–Crippen LogP) is 2.68. The van der Waals surface area contributed by atoms with E-state index in [4.69, 9.17) is 5.26 Å². The molecule has 0 N–H and O–H groups in total. The Balaban J connectivity index is 3.26. The molecule has 0 spiro atoms. The van der Waals surface area contributed by atoms with Gasteiger partial charge in [-0.3, -0.25) is 0 Å². The molecule has 0 aromatic heterocycles. The van der Waals surface area contributed by atoms with Gasteiger partial charge in [0.15, 0.2) is 0 Å². The van der Waals surface area contributed by atoms with Gasteiger partial charge in [0.2, 0.25) is 10.0 Å². The molecule has 0 radical (unpaired) electrons. The van der Waals surface area contributed by atoms with Crippen molar-refractivity contribution in [3.8, 4) is 6.07 Å². The van der Waals surface area contributed by atoms with Crippen LogP contribution < -0.4 is 0 Å². The van der Waals surface area contributed by atoms with E-state index in [-0.39, 0.29) is 11.4 Å². The van der Waals surface area contributed by atoms with Crippen molar-refractivity contribution in [2.75, 3.05) is 13.1 Å². The first-order valence-corrected chi connectivity index (χ1v) is 7.80. The first-order valence-electron chi connectivity index (χ1n) is 5.56. The highest BCUT2D eigenvalue weighted by atomic mass is 79.9. The lowest BCUT2D eigenvalue weighted by molar-refractivity contribution is 0.444. The Labute approximate surface area is 116 Å². The van der Waals surface area contributed by atoms with Crippen LogP contribution in [0.1, 0.15) is 18.9 Å². The van der Waals surface area contributed by atoms with E-state index in [0.29, 0.717) is 17.4 Å². The molecule has 18 heavy (non-hydrogen) atoms. The smallest absolute Gasteiger partial charge is 0.207 e. The van der Waals surface area contributed by atoms with E-state index in [1.165, 1.54) is 4.31 Å². The molecule has 0 unspecified atom stereocenters. The van der Waals surface area contributed by atoms with Crippen molar-refractivity contribution in [2.45, 2.75) is 25.2 Å². The number of rotatable bonds is 5. The van der Waals surface area contributed by atoms with Crippen molar-refractivity contribution < 1.29 is 8.42 Å². The van der Waals surface area contributed by atoms with E-state index in [1.807, 2.05) is 26.0 Å². The lowest BCUT2D eigenvalue weighted by Crippen LogP contribution is -2.32. The van der Waals surface area contributed by atoms with Crippen LogP contribution in [0.25, 0.3) is 0 Å². The number of hydrogen-bond donors (Lipinski definition) is 0. The summed E-state index contributed by atoms with van der Waals surface area (Å²) in [6, 6.07) is 7.04. The maximum Gasteiger partial charge on any atom is 0.245 e. The van der Waals surface area contributed by atoms with E-state index >= 15 is 0 Å². The van der Waals surface area contributed by atoms with E-state index in [1.54, 1.807) is 12.1 Å². The van der Waals surface area contributed by atoms with Gasteiger partial charge in [0.1, 0.15) is 6.54 Å². The highest BCUT2D eigenvalue weighted by molar-refractivity contribution is 9.10. The van der Waals surface area contributed by atoms with E-state index in [2.05, 4.69) is 15.9 Å². The molecular formula is C12H15BrN2O2S. The SMILES string of the molecule is CCCN(CC#N)S(=O)(=O)c1cc(C)ccc1Br. The fraction of sp³-hybridized carbons (Fsp3) is 0.417. The van der Waals surface area contributed by atoms with Crippen LogP contribution >= 0.6 is 15.9 Å². The summed E-state index contributed by atoms with van der Waals surface area (Å²) in [5, 5.41) is 8.73. The molecule has 1 aromatic rings. The number of hydrogen-bond acceptors (Lipinski definition) is 3. The molecule has 1 aromatic carbocycles. The van der Waals surface area contributed by atoms with Gasteiger partial charge >= 0.3 is 0 Å². The summed E-state index contributed by atoms with van der Waals surface area (Å²) in [6.45, 7) is 3.93. The van der Waals surface area contributed by atoms with Crippen molar-refractivity contribution in [3.05, 3.63) is 28.2 Å². The summed E-state index contributed by atoms with van der Waals surface area (Å²) in [4.78, 5) is 0.214. The van der Waals surface area contributed by atoms with E-state index < -0.39 is 10.0 Å². The maximum atomic E-state index is 12.4. The Morgan fingerprint density at radius 2 is 2.11 bits per heavy atom. The molecular weight excluding hydrogens is 316 g/mol. The topological polar surface area (TPSA) is 61.2 Å². The fourth-order valence-corrected chi connectivity index (χ4v) is 4.00. The predicted molar refractivity (Wildman–Crippen MR) is 73.5 cm³/mol. The van der Waals surface area contributed by atoms with Gasteiger partial charge in [0.25, 0.3) is 0 Å². The third-order valence-electron chi connectivity index (χ3n) is 2.42. The average molecular weight is 331 g/mol. The summed E-state index contributed by atoms with van der Waals surface area (Å²) in [5.74, 6) is 0. The first-order chi connectivity index (χ1) is 8.43. The minimum atomic E-state index is -3.61. The Bertz CT molecular complexity index is 564. The second-order valence-corrected chi connectivity index (χ2v) is 6.69. The molecule has 0 fully saturated rings. The normalized spacial score (nSPS) is 11.5. The van der Waals surface area contributed by atoms with Crippen LogP contribution in [-0.2, 0) is 10.0 Å². The minimum absolute atomic E-state index is 0.128. The zero-order chi connectivity index (χ0) is 13.8. The Kier molecular flexibility index (Phi) is 5.32. The van der Waals surface area contributed by atoms with Crippen LogP contribution in [-0.4, -0.2) is 25.8 Å². The molecule has 1 rings (SSSR count). The van der Waals surface area contributed by atoms with Crippen LogP contribution in [0.15, 0.2) is 27.6 Å². The number of benzene rings is 1. The highest BCUT2D eigenvalue weighted by Crippen LogP contribution is 2.26. The zero-order valence-corrected chi connectivity index (χ0v) is 12.8. The molecule has 0 aliphatic carbocycles. The fourth-order valence-electron chi connectivity index (χ4n) is 1.56. The largest absolute Gasteiger partial charge is 0.245 e. The summed E-state index contributed by atoms with van der Waals surface area (Å²) in [5.41, 5.74) is 0.866. The van der Waals surface area contributed by atoms with Gasteiger partial charge in [-0.2, -0.15) is 9.57 Å². The molecule has 6 heteroatoms. The number of aryl methyl sites for hydroxylation is 1. The molecule has 0 aliphatic heterocycles.